The fraction of sp³-hybridized carbons (Fsp3) is 0.867. The molecule has 6 aliphatic heterocycles. The van der Waals surface area contributed by atoms with Crippen LogP contribution in [-0.2, 0) is 16.8 Å². The SMILES string of the molecule is C1=CC[N-]C(C2CCCC(C3CCCC[N-]3)[N-]2)=C1.C1CCC(C2CCCC(C3CCCC[N-]3)[N-]2)[N-]C1.[Co+2]. The normalized spacial score (nSPS) is 38.7. The van der Waals surface area contributed by atoms with Crippen LogP contribution in [0, 0.1) is 0 Å². The number of hydrogen-bond donors (Lipinski definition) is 0. The van der Waals surface area contributed by atoms with Gasteiger partial charge in [-0.25, -0.2) is 0 Å². The average molecular weight is 552 g/mol. The summed E-state index contributed by atoms with van der Waals surface area (Å²) in [5, 5.41) is 29.2. The Kier molecular flexibility index (Phi) is 12.8. The molecule has 0 aromatic rings. The Morgan fingerprint density at radius 2 is 1.00 bits per heavy atom. The van der Waals surface area contributed by atoms with Crippen LogP contribution in [0.25, 0.3) is 31.9 Å². The van der Waals surface area contributed by atoms with Gasteiger partial charge in [0.2, 0.25) is 0 Å². The van der Waals surface area contributed by atoms with Crippen LogP contribution < -0.4 is 0 Å². The van der Waals surface area contributed by atoms with Crippen molar-refractivity contribution in [1.29, 1.82) is 0 Å². The molecule has 6 rings (SSSR count). The Morgan fingerprint density at radius 3 is 1.46 bits per heavy atom. The van der Waals surface area contributed by atoms with E-state index in [0.717, 1.165) is 26.2 Å². The van der Waals surface area contributed by atoms with Crippen molar-refractivity contribution in [2.24, 2.45) is 0 Å². The van der Waals surface area contributed by atoms with Crippen LogP contribution in [-0.4, -0.2) is 68.5 Å². The van der Waals surface area contributed by atoms with Gasteiger partial charge in [-0.2, -0.15) is 41.9 Å². The van der Waals surface area contributed by atoms with Gasteiger partial charge in [0.25, 0.3) is 0 Å². The molecule has 6 nitrogen and oxygen atoms in total. The molecule has 7 heteroatoms. The van der Waals surface area contributed by atoms with Gasteiger partial charge < -0.3 is 31.9 Å². The van der Waals surface area contributed by atoms with E-state index in [2.05, 4.69) is 23.5 Å². The molecule has 7 unspecified atom stereocenters. The van der Waals surface area contributed by atoms with Crippen LogP contribution in [0.3, 0.4) is 0 Å². The summed E-state index contributed by atoms with van der Waals surface area (Å²) >= 11 is 0. The zero-order valence-corrected chi connectivity index (χ0v) is 23.8. The van der Waals surface area contributed by atoms with E-state index in [1.54, 1.807) is 0 Å². The van der Waals surface area contributed by atoms with Crippen molar-refractivity contribution in [3.63, 3.8) is 0 Å². The summed E-state index contributed by atoms with van der Waals surface area (Å²) in [6.45, 7) is 4.04. The van der Waals surface area contributed by atoms with Crippen LogP contribution >= 0.6 is 0 Å². The van der Waals surface area contributed by atoms with Gasteiger partial charge in [-0.15, -0.1) is 38.3 Å². The monoisotopic (exact) mass is 551 g/mol. The third-order valence-electron chi connectivity index (χ3n) is 9.00. The molecule has 0 amide bonds. The molecule has 0 spiro atoms. The Labute approximate surface area is 237 Å². The Bertz CT molecular complexity index is 672. The fourth-order valence-electron chi connectivity index (χ4n) is 6.97. The number of nitrogens with zero attached hydrogens (tertiary/aromatic N) is 6. The summed E-state index contributed by atoms with van der Waals surface area (Å²) in [7, 11) is 0. The second-order valence-electron chi connectivity index (χ2n) is 11.6. The predicted molar refractivity (Wildman–Crippen MR) is 153 cm³/mol. The van der Waals surface area contributed by atoms with Crippen molar-refractivity contribution in [2.75, 3.05) is 26.2 Å². The first-order chi connectivity index (χ1) is 17.9. The molecule has 6 heterocycles. The largest absolute Gasteiger partial charge is 2.00 e. The van der Waals surface area contributed by atoms with Gasteiger partial charge in [-0.1, -0.05) is 108 Å². The molecule has 5 fully saturated rings. The number of hydrogen-bond acceptors (Lipinski definition) is 0. The maximum atomic E-state index is 5.14. The summed E-state index contributed by atoms with van der Waals surface area (Å²) in [5.41, 5.74) is 1.19. The maximum Gasteiger partial charge on any atom is 2.00 e. The van der Waals surface area contributed by atoms with E-state index in [1.165, 1.54) is 102 Å². The minimum absolute atomic E-state index is 0. The van der Waals surface area contributed by atoms with E-state index in [4.69, 9.17) is 26.6 Å². The summed E-state index contributed by atoms with van der Waals surface area (Å²) in [6.07, 6.45) is 25.7. The number of piperidine rings is 5. The van der Waals surface area contributed by atoms with Gasteiger partial charge in [0, 0.05) is 0 Å². The summed E-state index contributed by atoms with van der Waals surface area (Å²) in [6, 6.07) is 3.45. The fourth-order valence-corrected chi connectivity index (χ4v) is 6.97. The van der Waals surface area contributed by atoms with Gasteiger partial charge in [-0.3, -0.25) is 0 Å². The molecule has 0 bridgehead atoms. The average Bonchev–Trinajstić information content (AvgIpc) is 2.99. The first kappa shape index (κ1) is 29.6. The Hall–Kier alpha value is -0.414. The van der Waals surface area contributed by atoms with Crippen LogP contribution in [0.15, 0.2) is 23.9 Å². The summed E-state index contributed by atoms with van der Waals surface area (Å²) in [4.78, 5) is 0. The minimum Gasteiger partial charge on any atom is -0.686 e. The van der Waals surface area contributed by atoms with Gasteiger partial charge in [0.05, 0.1) is 0 Å². The molecule has 0 aromatic heterocycles. The molecule has 0 aromatic carbocycles. The molecule has 0 aliphatic carbocycles. The molecule has 0 saturated carbocycles. The van der Waals surface area contributed by atoms with Crippen molar-refractivity contribution in [2.45, 2.75) is 139 Å². The van der Waals surface area contributed by atoms with Gasteiger partial charge in [-0.05, 0) is 0 Å². The van der Waals surface area contributed by atoms with E-state index >= 15 is 0 Å². The first-order valence-electron chi connectivity index (χ1n) is 15.3. The topological polar surface area (TPSA) is 84.6 Å². The number of rotatable bonds is 4. The molecule has 5 saturated heterocycles. The van der Waals surface area contributed by atoms with E-state index < -0.39 is 0 Å². The smallest absolute Gasteiger partial charge is 0.686 e. The second kappa shape index (κ2) is 16.0. The molecule has 1 radical (unpaired) electrons. The van der Waals surface area contributed by atoms with Crippen molar-refractivity contribution in [3.05, 3.63) is 55.8 Å². The second-order valence-corrected chi connectivity index (χ2v) is 11.6. The van der Waals surface area contributed by atoms with Crippen LogP contribution in [0.5, 0.6) is 0 Å². The molecule has 6 aliphatic rings. The zero-order valence-electron chi connectivity index (χ0n) is 22.7. The summed E-state index contributed by atoms with van der Waals surface area (Å²) in [5.74, 6) is 0. The molecule has 0 N–H and O–H groups in total. The predicted octanol–water partition coefficient (Wildman–Crippen LogP) is 8.17. The van der Waals surface area contributed by atoms with Crippen LogP contribution in [0.4, 0.5) is 0 Å². The number of allylic oxidation sites excluding steroid dienone is 2. The molecule has 7 atom stereocenters. The van der Waals surface area contributed by atoms with Gasteiger partial charge in [0.1, 0.15) is 0 Å². The van der Waals surface area contributed by atoms with Crippen LogP contribution in [0.1, 0.15) is 96.3 Å². The standard InChI is InChI=1S/C15H26N3.C15H22N3.Co/c2*1-3-10-16-12(6-1)14-8-5-9-15(18-14)13-7-2-4-11-17-13;/h12-15H,1-11H2;1,3,6,13-15H,2,4-5,7-11H2;/q2*-3;+2. The third kappa shape index (κ3) is 8.79. The quantitative estimate of drug-likeness (QED) is 0.338. The molecular formula is C30H48CoN6-4. The zero-order chi connectivity index (χ0) is 24.4. The summed E-state index contributed by atoms with van der Waals surface area (Å²) < 4.78 is 0. The van der Waals surface area contributed by atoms with E-state index in [0.29, 0.717) is 42.3 Å². The van der Waals surface area contributed by atoms with Crippen molar-refractivity contribution < 1.29 is 16.8 Å². The van der Waals surface area contributed by atoms with E-state index in [9.17, 15) is 0 Å². The Balaban J connectivity index is 0.000000168. The van der Waals surface area contributed by atoms with Crippen LogP contribution in [0.2, 0.25) is 0 Å². The van der Waals surface area contributed by atoms with Crippen molar-refractivity contribution in [1.82, 2.24) is 0 Å². The van der Waals surface area contributed by atoms with E-state index in [1.807, 2.05) is 0 Å². The van der Waals surface area contributed by atoms with Crippen molar-refractivity contribution in [3.8, 4) is 0 Å². The Morgan fingerprint density at radius 1 is 0.514 bits per heavy atom. The van der Waals surface area contributed by atoms with E-state index in [-0.39, 0.29) is 16.8 Å². The molecular weight excluding hydrogens is 503 g/mol. The van der Waals surface area contributed by atoms with Gasteiger partial charge >= 0.3 is 16.8 Å². The molecule has 37 heavy (non-hydrogen) atoms. The third-order valence-corrected chi connectivity index (χ3v) is 9.00. The van der Waals surface area contributed by atoms with Crippen molar-refractivity contribution >= 4 is 0 Å². The minimum atomic E-state index is 0. The first-order valence-corrected chi connectivity index (χ1v) is 15.3. The molecule has 211 valence electrons. The maximum absolute atomic E-state index is 5.14. The van der Waals surface area contributed by atoms with Gasteiger partial charge in [0.15, 0.2) is 0 Å².